The highest BCUT2D eigenvalue weighted by Crippen LogP contribution is 2.29. The highest BCUT2D eigenvalue weighted by Gasteiger charge is 2.34. The van der Waals surface area contributed by atoms with Crippen LogP contribution in [0.2, 0.25) is 0 Å². The van der Waals surface area contributed by atoms with Gasteiger partial charge in [0.2, 0.25) is 0 Å². The summed E-state index contributed by atoms with van der Waals surface area (Å²) in [6.07, 6.45) is 9.71. The number of hydrogen-bond acceptors (Lipinski definition) is 2. The van der Waals surface area contributed by atoms with E-state index in [2.05, 4.69) is 20.5 Å². The zero-order chi connectivity index (χ0) is 13.1. The molecule has 1 unspecified atom stereocenters. The lowest BCUT2D eigenvalue weighted by atomic mass is 10.1. The molecule has 2 saturated carbocycles. The Labute approximate surface area is 140 Å². The maximum atomic E-state index is 4.37. The number of likely N-dealkylation sites (tertiary alicyclic amines) is 1. The van der Waals surface area contributed by atoms with Crippen molar-refractivity contribution in [3.8, 4) is 0 Å². The van der Waals surface area contributed by atoms with Crippen LogP contribution < -0.4 is 10.6 Å². The smallest absolute Gasteiger partial charge is 0.191 e. The average Bonchev–Trinajstić information content (AvgIpc) is 2.96. The van der Waals surface area contributed by atoms with E-state index in [1.54, 1.807) is 0 Å². The van der Waals surface area contributed by atoms with E-state index < -0.39 is 0 Å². The van der Waals surface area contributed by atoms with E-state index in [-0.39, 0.29) is 24.0 Å². The summed E-state index contributed by atoms with van der Waals surface area (Å²) in [6.45, 7) is 3.56. The molecular formula is C15H29IN4. The maximum Gasteiger partial charge on any atom is 0.191 e. The zero-order valence-electron chi connectivity index (χ0n) is 12.6. The van der Waals surface area contributed by atoms with Crippen LogP contribution in [0.4, 0.5) is 0 Å². The molecule has 20 heavy (non-hydrogen) atoms. The standard InChI is InChI=1S/C15H28N4.HI/c1-16-15(17-10-12-4-2-3-5-12)18-13-8-9-19(11-13)14-6-7-14;/h12-14H,2-11H2,1H3,(H2,16,17,18);1H. The molecule has 3 rings (SSSR count). The van der Waals surface area contributed by atoms with E-state index in [4.69, 9.17) is 0 Å². The number of nitrogens with zero attached hydrogens (tertiary/aromatic N) is 2. The van der Waals surface area contributed by atoms with Gasteiger partial charge < -0.3 is 10.6 Å². The van der Waals surface area contributed by atoms with Crippen LogP contribution in [0, 0.1) is 5.92 Å². The van der Waals surface area contributed by atoms with Gasteiger partial charge >= 0.3 is 0 Å². The largest absolute Gasteiger partial charge is 0.356 e. The molecule has 0 spiro atoms. The summed E-state index contributed by atoms with van der Waals surface area (Å²) in [7, 11) is 1.89. The molecule has 116 valence electrons. The Morgan fingerprint density at radius 2 is 1.90 bits per heavy atom. The van der Waals surface area contributed by atoms with E-state index in [9.17, 15) is 0 Å². The molecule has 1 heterocycles. The van der Waals surface area contributed by atoms with Gasteiger partial charge in [0.25, 0.3) is 0 Å². The van der Waals surface area contributed by atoms with Gasteiger partial charge in [0.15, 0.2) is 5.96 Å². The van der Waals surface area contributed by atoms with Gasteiger partial charge in [0.1, 0.15) is 0 Å². The Morgan fingerprint density at radius 3 is 2.55 bits per heavy atom. The molecule has 1 saturated heterocycles. The van der Waals surface area contributed by atoms with Crippen LogP contribution in [-0.2, 0) is 0 Å². The van der Waals surface area contributed by atoms with Crippen molar-refractivity contribution in [3.63, 3.8) is 0 Å². The minimum atomic E-state index is 0. The Kier molecular flexibility index (Phi) is 6.39. The molecule has 5 heteroatoms. The molecule has 1 atom stereocenters. The van der Waals surface area contributed by atoms with Crippen LogP contribution in [0.15, 0.2) is 4.99 Å². The number of nitrogens with one attached hydrogen (secondary N) is 2. The van der Waals surface area contributed by atoms with Crippen LogP contribution in [0.3, 0.4) is 0 Å². The zero-order valence-corrected chi connectivity index (χ0v) is 14.9. The molecule has 0 bridgehead atoms. The lowest BCUT2D eigenvalue weighted by Gasteiger charge is -2.20. The van der Waals surface area contributed by atoms with E-state index >= 15 is 0 Å². The summed E-state index contributed by atoms with van der Waals surface area (Å²) < 4.78 is 0. The van der Waals surface area contributed by atoms with Crippen LogP contribution >= 0.6 is 24.0 Å². The third kappa shape index (κ3) is 4.48. The van der Waals surface area contributed by atoms with E-state index in [0.29, 0.717) is 6.04 Å². The number of rotatable bonds is 4. The highest BCUT2D eigenvalue weighted by atomic mass is 127. The van der Waals surface area contributed by atoms with Gasteiger partial charge in [-0.05, 0) is 38.0 Å². The van der Waals surface area contributed by atoms with Gasteiger partial charge in [0, 0.05) is 38.8 Å². The Hall–Kier alpha value is -0.0400. The summed E-state index contributed by atoms with van der Waals surface area (Å²) in [5.41, 5.74) is 0. The van der Waals surface area contributed by atoms with Gasteiger partial charge in [-0.3, -0.25) is 9.89 Å². The van der Waals surface area contributed by atoms with Gasteiger partial charge in [-0.25, -0.2) is 0 Å². The lowest BCUT2D eigenvalue weighted by Crippen LogP contribution is -2.45. The first-order valence-corrected chi connectivity index (χ1v) is 8.06. The van der Waals surface area contributed by atoms with Crippen molar-refractivity contribution in [3.05, 3.63) is 0 Å². The number of guanidine groups is 1. The topological polar surface area (TPSA) is 39.7 Å². The molecule has 3 fully saturated rings. The predicted molar refractivity (Wildman–Crippen MR) is 94.9 cm³/mol. The van der Waals surface area contributed by atoms with Crippen molar-refractivity contribution in [1.29, 1.82) is 0 Å². The summed E-state index contributed by atoms with van der Waals surface area (Å²) in [5.74, 6) is 1.87. The second-order valence-corrected chi connectivity index (χ2v) is 6.46. The van der Waals surface area contributed by atoms with Crippen LogP contribution in [-0.4, -0.2) is 49.6 Å². The quantitative estimate of drug-likeness (QED) is 0.438. The fourth-order valence-corrected chi connectivity index (χ4v) is 3.52. The number of hydrogen-bond donors (Lipinski definition) is 2. The predicted octanol–water partition coefficient (Wildman–Crippen LogP) is 2.20. The van der Waals surface area contributed by atoms with Crippen LogP contribution in [0.1, 0.15) is 44.9 Å². The molecule has 0 aromatic carbocycles. The molecule has 2 aliphatic carbocycles. The van der Waals surface area contributed by atoms with Crippen molar-refractivity contribution in [2.75, 3.05) is 26.7 Å². The molecule has 4 nitrogen and oxygen atoms in total. The van der Waals surface area contributed by atoms with E-state index in [1.165, 1.54) is 58.0 Å². The molecular weight excluding hydrogens is 363 g/mol. The van der Waals surface area contributed by atoms with Crippen molar-refractivity contribution in [2.45, 2.75) is 57.0 Å². The molecule has 1 aliphatic heterocycles. The SMILES string of the molecule is CN=C(NCC1CCCC1)NC1CCN(C2CC2)C1.I. The van der Waals surface area contributed by atoms with Gasteiger partial charge in [0.05, 0.1) is 0 Å². The second kappa shape index (κ2) is 7.82. The minimum Gasteiger partial charge on any atom is -0.356 e. The van der Waals surface area contributed by atoms with Crippen molar-refractivity contribution < 1.29 is 0 Å². The lowest BCUT2D eigenvalue weighted by molar-refractivity contribution is 0.321. The van der Waals surface area contributed by atoms with Crippen molar-refractivity contribution in [1.82, 2.24) is 15.5 Å². The Bertz CT molecular complexity index is 324. The molecule has 2 N–H and O–H groups in total. The number of halogens is 1. The number of aliphatic imine (C=N–C) groups is 1. The van der Waals surface area contributed by atoms with Gasteiger partial charge in [-0.15, -0.1) is 24.0 Å². The van der Waals surface area contributed by atoms with E-state index in [1.807, 2.05) is 7.05 Å². The summed E-state index contributed by atoms with van der Waals surface area (Å²) in [6, 6.07) is 1.50. The first kappa shape index (κ1) is 16.3. The third-order valence-electron chi connectivity index (χ3n) is 4.88. The van der Waals surface area contributed by atoms with E-state index in [0.717, 1.165) is 24.5 Å². The van der Waals surface area contributed by atoms with Gasteiger partial charge in [-0.1, -0.05) is 12.8 Å². The monoisotopic (exact) mass is 392 g/mol. The first-order valence-electron chi connectivity index (χ1n) is 8.06. The molecule has 0 aromatic rings. The van der Waals surface area contributed by atoms with Crippen molar-refractivity contribution in [2.24, 2.45) is 10.9 Å². The second-order valence-electron chi connectivity index (χ2n) is 6.46. The molecule has 0 amide bonds. The Morgan fingerprint density at radius 1 is 1.15 bits per heavy atom. The first-order chi connectivity index (χ1) is 9.35. The fourth-order valence-electron chi connectivity index (χ4n) is 3.52. The minimum absolute atomic E-state index is 0. The normalized spacial score (nSPS) is 28.4. The van der Waals surface area contributed by atoms with Crippen LogP contribution in [0.25, 0.3) is 0 Å². The third-order valence-corrected chi connectivity index (χ3v) is 4.88. The van der Waals surface area contributed by atoms with Gasteiger partial charge in [-0.2, -0.15) is 0 Å². The highest BCUT2D eigenvalue weighted by molar-refractivity contribution is 14.0. The maximum absolute atomic E-state index is 4.37. The fraction of sp³-hybridized carbons (Fsp3) is 0.933. The molecule has 0 radical (unpaired) electrons. The Balaban J connectivity index is 0.00000147. The summed E-state index contributed by atoms with van der Waals surface area (Å²) in [5, 5.41) is 7.12. The molecule has 3 aliphatic rings. The van der Waals surface area contributed by atoms with Crippen LogP contribution in [0.5, 0.6) is 0 Å². The summed E-state index contributed by atoms with van der Waals surface area (Å²) >= 11 is 0. The molecule has 0 aromatic heterocycles. The summed E-state index contributed by atoms with van der Waals surface area (Å²) in [4.78, 5) is 7.01. The average molecular weight is 392 g/mol. The van der Waals surface area contributed by atoms with Crippen molar-refractivity contribution >= 4 is 29.9 Å².